The molecule has 0 fully saturated rings. The van der Waals surface area contributed by atoms with Gasteiger partial charge in [0.05, 0.1) is 0 Å². The van der Waals surface area contributed by atoms with Crippen LogP contribution in [0, 0.1) is 0 Å². The molecule has 0 amide bonds. The molecule has 0 aromatic carbocycles. The first-order chi connectivity index (χ1) is 4.76. The zero-order chi connectivity index (χ0) is 9.23. The second kappa shape index (κ2) is 5.31. The van der Waals surface area contributed by atoms with Gasteiger partial charge in [0.1, 0.15) is 0 Å². The van der Waals surface area contributed by atoms with Gasteiger partial charge in [-0.1, -0.05) is 0 Å². The van der Waals surface area contributed by atoms with Gasteiger partial charge in [-0.3, -0.25) is 0 Å². The predicted molar refractivity (Wildman–Crippen MR) is 30.1 cm³/mol. The van der Waals surface area contributed by atoms with Crippen LogP contribution in [0.15, 0.2) is 0 Å². The maximum absolute atomic E-state index is 11.7. The molecule has 0 bridgehead atoms. The summed E-state index contributed by atoms with van der Waals surface area (Å²) in [5.74, 6) is 0. The first-order valence-electron chi connectivity index (χ1n) is 2.43. The predicted octanol–water partition coefficient (Wildman–Crippen LogP) is 0.864. The Balaban J connectivity index is 0. The topological polar surface area (TPSA) is 20.2 Å². The average Bonchev–Trinajstić information content (AvgIpc) is 1.82. The molecule has 2 atom stereocenters. The Morgan fingerprint density at radius 3 is 1.42 bits per heavy atom. The van der Waals surface area contributed by atoms with Crippen LogP contribution in [-0.4, -0.2) is 59.5 Å². The van der Waals surface area contributed by atoms with Crippen LogP contribution < -0.4 is 0 Å². The van der Waals surface area contributed by atoms with Crippen LogP contribution in [0.1, 0.15) is 0 Å². The van der Waals surface area contributed by atoms with Crippen molar-refractivity contribution in [1.29, 1.82) is 0 Å². The number of hydrogen-bond acceptors (Lipinski definition) is 1. The molecule has 0 saturated heterocycles. The van der Waals surface area contributed by atoms with E-state index in [-0.39, 0.29) is 29.6 Å². The van der Waals surface area contributed by atoms with Crippen molar-refractivity contribution in [2.75, 3.05) is 0 Å². The number of halogens is 6. The van der Waals surface area contributed by atoms with Crippen LogP contribution in [0.3, 0.4) is 0 Å². The zero-order valence-corrected chi connectivity index (χ0v) is 4.95. The van der Waals surface area contributed by atoms with E-state index in [1.54, 1.807) is 0 Å². The van der Waals surface area contributed by atoms with Crippen LogP contribution in [0.5, 0.6) is 0 Å². The van der Waals surface area contributed by atoms with Gasteiger partial charge in [0.15, 0.2) is 0 Å². The molecule has 1 nitrogen and oxygen atoms in total. The summed E-state index contributed by atoms with van der Waals surface area (Å²) in [4.78, 5) is 0. The van der Waals surface area contributed by atoms with Gasteiger partial charge in [0.2, 0.25) is 12.3 Å². The second-order valence-electron chi connectivity index (χ2n) is 1.77. The molecule has 12 heavy (non-hydrogen) atoms. The summed E-state index contributed by atoms with van der Waals surface area (Å²) in [5.41, 5.74) is 0. The van der Waals surface area contributed by atoms with E-state index in [1.807, 2.05) is 0 Å². The molecular formula is C4H5F6NaO. The van der Waals surface area contributed by atoms with Crippen molar-refractivity contribution in [3.8, 4) is 0 Å². The Morgan fingerprint density at radius 1 is 1.00 bits per heavy atom. The number of aliphatic hydroxyl groups is 1. The van der Waals surface area contributed by atoms with Gasteiger partial charge in [0.25, 0.3) is 6.43 Å². The molecule has 2 unspecified atom stereocenters. The number of hydrogen-bond donors (Lipinski definition) is 1. The van der Waals surface area contributed by atoms with E-state index < -0.39 is 24.9 Å². The molecule has 0 saturated carbocycles. The Kier molecular flexibility index (Phi) is 6.65. The minimum atomic E-state index is -5.06. The van der Waals surface area contributed by atoms with Crippen molar-refractivity contribution < 1.29 is 31.4 Å². The number of rotatable bonds is 3. The average molecular weight is 206 g/mol. The van der Waals surface area contributed by atoms with Crippen LogP contribution in [0.4, 0.5) is 26.3 Å². The van der Waals surface area contributed by atoms with Gasteiger partial charge < -0.3 is 5.11 Å². The van der Waals surface area contributed by atoms with E-state index in [2.05, 4.69) is 0 Å². The second-order valence-corrected chi connectivity index (χ2v) is 1.77. The van der Waals surface area contributed by atoms with Crippen LogP contribution in [-0.2, 0) is 0 Å². The van der Waals surface area contributed by atoms with Crippen LogP contribution in [0.2, 0.25) is 0 Å². The van der Waals surface area contributed by atoms with E-state index >= 15 is 0 Å². The Hall–Kier alpha value is 0.540. The fourth-order valence-electron chi connectivity index (χ4n) is 0.319. The Labute approximate surface area is 86.0 Å². The molecule has 0 spiro atoms. The van der Waals surface area contributed by atoms with Gasteiger partial charge in [-0.05, 0) is 0 Å². The third kappa shape index (κ3) is 4.54. The molecule has 0 aliphatic heterocycles. The summed E-state index contributed by atoms with van der Waals surface area (Å²) in [6, 6.07) is 0. The monoisotopic (exact) mass is 206 g/mol. The summed E-state index contributed by atoms with van der Waals surface area (Å²) < 4.78 is 68.3. The zero-order valence-electron chi connectivity index (χ0n) is 4.95. The molecule has 0 rings (SSSR count). The third-order valence-corrected chi connectivity index (χ3v) is 0.852. The first kappa shape index (κ1) is 15.0. The molecule has 0 aromatic heterocycles. The van der Waals surface area contributed by atoms with Crippen molar-refractivity contribution >= 4 is 29.6 Å². The molecule has 70 valence electrons. The summed E-state index contributed by atoms with van der Waals surface area (Å²) in [5, 5.41) is 7.42. The molecular weight excluding hydrogens is 201 g/mol. The summed E-state index contributed by atoms with van der Waals surface area (Å²) in [6.45, 7) is 0. The number of alkyl halides is 6. The van der Waals surface area contributed by atoms with Crippen LogP contribution >= 0.6 is 0 Å². The molecule has 0 aromatic rings. The minimum absolute atomic E-state index is 0. The summed E-state index contributed by atoms with van der Waals surface area (Å²) in [7, 11) is 0. The van der Waals surface area contributed by atoms with E-state index in [0.29, 0.717) is 0 Å². The molecule has 1 N–H and O–H groups in total. The van der Waals surface area contributed by atoms with Crippen molar-refractivity contribution in [3.05, 3.63) is 0 Å². The fraction of sp³-hybridized carbons (Fsp3) is 1.00. The van der Waals surface area contributed by atoms with Gasteiger partial charge >= 0.3 is 35.7 Å². The van der Waals surface area contributed by atoms with Crippen molar-refractivity contribution in [2.45, 2.75) is 24.9 Å². The SMILES string of the molecule is OC(F)(F)C(F)C(F)C(F)F.[NaH]. The fourth-order valence-corrected chi connectivity index (χ4v) is 0.319. The normalized spacial score (nSPS) is 17.0. The Morgan fingerprint density at radius 2 is 1.33 bits per heavy atom. The van der Waals surface area contributed by atoms with Gasteiger partial charge in [-0.2, -0.15) is 8.78 Å². The molecule has 8 heteroatoms. The van der Waals surface area contributed by atoms with E-state index in [9.17, 15) is 26.3 Å². The Bertz CT molecular complexity index is 125. The van der Waals surface area contributed by atoms with Gasteiger partial charge in [-0.25, -0.2) is 17.6 Å². The molecule has 0 heterocycles. The van der Waals surface area contributed by atoms with Crippen molar-refractivity contribution in [2.24, 2.45) is 0 Å². The van der Waals surface area contributed by atoms with E-state index in [1.165, 1.54) is 0 Å². The summed E-state index contributed by atoms with van der Waals surface area (Å²) in [6.07, 6.45) is -16.5. The quantitative estimate of drug-likeness (QED) is 0.536. The van der Waals surface area contributed by atoms with Gasteiger partial charge in [-0.15, -0.1) is 0 Å². The molecule has 0 aliphatic rings. The molecule has 0 aliphatic carbocycles. The van der Waals surface area contributed by atoms with Crippen molar-refractivity contribution in [3.63, 3.8) is 0 Å². The molecule has 0 radical (unpaired) electrons. The first-order valence-corrected chi connectivity index (χ1v) is 2.43. The third-order valence-electron chi connectivity index (χ3n) is 0.852. The van der Waals surface area contributed by atoms with E-state index in [0.717, 1.165) is 0 Å². The van der Waals surface area contributed by atoms with Gasteiger partial charge in [0, 0.05) is 0 Å². The van der Waals surface area contributed by atoms with Crippen LogP contribution in [0.25, 0.3) is 0 Å². The maximum atomic E-state index is 11.7. The van der Waals surface area contributed by atoms with Crippen molar-refractivity contribution in [1.82, 2.24) is 0 Å². The standard InChI is InChI=1S/C4H4F6O.Na.H/c5-1(3(7)8)2(6)4(9,10)11;;/h1-3,11H;;. The summed E-state index contributed by atoms with van der Waals surface area (Å²) >= 11 is 0. The van der Waals surface area contributed by atoms with E-state index in [4.69, 9.17) is 5.11 Å².